The minimum atomic E-state index is -0.971. The lowest BCUT2D eigenvalue weighted by Gasteiger charge is -2.12. The summed E-state index contributed by atoms with van der Waals surface area (Å²) in [5.74, 6) is -2.87. The van der Waals surface area contributed by atoms with Gasteiger partial charge in [-0.1, -0.05) is 6.07 Å². The lowest BCUT2D eigenvalue weighted by molar-refractivity contribution is -0.118. The Kier molecular flexibility index (Phi) is 5.63. The highest BCUT2D eigenvalue weighted by Crippen LogP contribution is 2.15. The van der Waals surface area contributed by atoms with Crippen molar-refractivity contribution in [1.29, 1.82) is 0 Å². The molecule has 131 valence electrons. The summed E-state index contributed by atoms with van der Waals surface area (Å²) < 4.78 is 26.0. The monoisotopic (exact) mass is 347 g/mol. The Labute approximate surface area is 143 Å². The Morgan fingerprint density at radius 3 is 2.60 bits per heavy atom. The van der Waals surface area contributed by atoms with E-state index in [1.165, 1.54) is 18.6 Å². The summed E-state index contributed by atoms with van der Waals surface area (Å²) >= 11 is 0. The molecule has 0 saturated heterocycles. The molecule has 1 radical (unpaired) electrons. The molecule has 2 rings (SSSR count). The van der Waals surface area contributed by atoms with E-state index in [1.807, 2.05) is 0 Å². The minimum Gasteiger partial charge on any atom is -0.384 e. The predicted octanol–water partition coefficient (Wildman–Crippen LogP) is 1.41. The van der Waals surface area contributed by atoms with E-state index in [1.54, 1.807) is 6.92 Å². The molecule has 2 aromatic rings. The molecule has 6 nitrogen and oxygen atoms in total. The number of pyridine rings is 1. The quantitative estimate of drug-likeness (QED) is 0.733. The molecule has 0 aliphatic rings. The van der Waals surface area contributed by atoms with E-state index in [4.69, 9.17) is 11.5 Å². The van der Waals surface area contributed by atoms with Crippen molar-refractivity contribution in [3.05, 3.63) is 64.7 Å². The molecular formula is C17H17F2N4O2. The van der Waals surface area contributed by atoms with Crippen LogP contribution in [0, 0.1) is 25.0 Å². The summed E-state index contributed by atoms with van der Waals surface area (Å²) in [5.41, 5.74) is 12.5. The summed E-state index contributed by atoms with van der Waals surface area (Å²) in [7, 11) is 0. The number of benzene rings is 1. The van der Waals surface area contributed by atoms with Gasteiger partial charge in [0.2, 0.25) is 11.8 Å². The van der Waals surface area contributed by atoms with Crippen LogP contribution < -0.4 is 16.8 Å². The number of carbonyl (C=O) groups is 2. The Hall–Kier alpha value is -3.03. The normalized spacial score (nSPS) is 10.5. The number of aryl methyl sites for hydroxylation is 1. The van der Waals surface area contributed by atoms with Gasteiger partial charge >= 0.3 is 0 Å². The van der Waals surface area contributed by atoms with Gasteiger partial charge < -0.3 is 16.8 Å². The van der Waals surface area contributed by atoms with E-state index in [2.05, 4.69) is 10.3 Å². The van der Waals surface area contributed by atoms with Gasteiger partial charge in [0.15, 0.2) is 11.6 Å². The SMILES string of the molecule is Cc1nc(N)cc(C(N)=O)c1CNC(=O)[CH]Cc1ccc(F)c(F)c1. The summed E-state index contributed by atoms with van der Waals surface area (Å²) in [5, 5.41) is 2.60. The fourth-order valence-electron chi connectivity index (χ4n) is 2.29. The van der Waals surface area contributed by atoms with Crippen LogP contribution in [-0.2, 0) is 17.8 Å². The average Bonchev–Trinajstić information content (AvgIpc) is 2.54. The molecular weight excluding hydrogens is 330 g/mol. The van der Waals surface area contributed by atoms with E-state index in [-0.39, 0.29) is 24.3 Å². The zero-order valence-corrected chi connectivity index (χ0v) is 13.5. The van der Waals surface area contributed by atoms with Gasteiger partial charge in [-0.25, -0.2) is 13.8 Å². The van der Waals surface area contributed by atoms with Crippen LogP contribution in [0.4, 0.5) is 14.6 Å². The van der Waals surface area contributed by atoms with Crippen LogP contribution in [0.3, 0.4) is 0 Å². The second-order valence-corrected chi connectivity index (χ2v) is 5.40. The van der Waals surface area contributed by atoms with Crippen LogP contribution in [0.15, 0.2) is 24.3 Å². The molecule has 0 spiro atoms. The highest BCUT2D eigenvalue weighted by Gasteiger charge is 2.14. The van der Waals surface area contributed by atoms with Crippen molar-refractivity contribution < 1.29 is 18.4 Å². The maximum absolute atomic E-state index is 13.1. The molecule has 1 heterocycles. The van der Waals surface area contributed by atoms with E-state index in [0.29, 0.717) is 16.8 Å². The van der Waals surface area contributed by atoms with Crippen molar-refractivity contribution >= 4 is 17.6 Å². The maximum Gasteiger partial charge on any atom is 0.249 e. The number of anilines is 1. The first kappa shape index (κ1) is 18.3. The number of rotatable bonds is 6. The minimum absolute atomic E-state index is 0.0322. The second kappa shape index (κ2) is 7.69. The van der Waals surface area contributed by atoms with Gasteiger partial charge in [-0.05, 0) is 37.1 Å². The number of carbonyl (C=O) groups excluding carboxylic acids is 2. The van der Waals surface area contributed by atoms with Gasteiger partial charge in [0.25, 0.3) is 0 Å². The van der Waals surface area contributed by atoms with E-state index in [0.717, 1.165) is 12.1 Å². The first-order valence-electron chi connectivity index (χ1n) is 7.38. The molecule has 0 fully saturated rings. The number of halogens is 2. The molecule has 25 heavy (non-hydrogen) atoms. The number of aromatic nitrogens is 1. The Bertz CT molecular complexity index is 825. The first-order chi connectivity index (χ1) is 11.8. The molecule has 2 amide bonds. The Morgan fingerprint density at radius 1 is 1.24 bits per heavy atom. The van der Waals surface area contributed by atoms with Gasteiger partial charge in [0.1, 0.15) is 5.82 Å². The fourth-order valence-corrected chi connectivity index (χ4v) is 2.29. The highest BCUT2D eigenvalue weighted by atomic mass is 19.2. The van der Waals surface area contributed by atoms with E-state index < -0.39 is 23.4 Å². The molecule has 5 N–H and O–H groups in total. The summed E-state index contributed by atoms with van der Waals surface area (Å²) in [6.45, 7) is 1.68. The number of nitrogens with two attached hydrogens (primary N) is 2. The molecule has 0 aliphatic carbocycles. The smallest absolute Gasteiger partial charge is 0.249 e. The van der Waals surface area contributed by atoms with Crippen LogP contribution in [0.5, 0.6) is 0 Å². The molecule has 8 heteroatoms. The number of hydrogen-bond acceptors (Lipinski definition) is 4. The molecule has 0 saturated carbocycles. The van der Waals surface area contributed by atoms with Crippen molar-refractivity contribution in [3.8, 4) is 0 Å². The van der Waals surface area contributed by atoms with Gasteiger partial charge in [-0.2, -0.15) is 0 Å². The lowest BCUT2D eigenvalue weighted by atomic mass is 10.1. The summed E-state index contributed by atoms with van der Waals surface area (Å²) in [4.78, 5) is 27.4. The van der Waals surface area contributed by atoms with Crippen LogP contribution in [0.1, 0.15) is 27.2 Å². The lowest BCUT2D eigenvalue weighted by Crippen LogP contribution is -2.26. The zero-order valence-electron chi connectivity index (χ0n) is 13.5. The number of nitrogens with zero attached hydrogens (tertiary/aromatic N) is 1. The van der Waals surface area contributed by atoms with Crippen LogP contribution >= 0.6 is 0 Å². The first-order valence-corrected chi connectivity index (χ1v) is 7.38. The number of primary amides is 1. The largest absolute Gasteiger partial charge is 0.384 e. The van der Waals surface area contributed by atoms with Crippen LogP contribution in [0.2, 0.25) is 0 Å². The fraction of sp³-hybridized carbons (Fsp3) is 0.176. The van der Waals surface area contributed by atoms with Crippen LogP contribution in [-0.4, -0.2) is 16.8 Å². The van der Waals surface area contributed by atoms with Crippen molar-refractivity contribution in [2.45, 2.75) is 19.9 Å². The zero-order chi connectivity index (χ0) is 18.6. The number of nitrogens with one attached hydrogen (secondary N) is 1. The third-order valence-electron chi connectivity index (χ3n) is 3.56. The van der Waals surface area contributed by atoms with Gasteiger partial charge in [-0.15, -0.1) is 0 Å². The number of nitrogen functional groups attached to an aromatic ring is 1. The topological polar surface area (TPSA) is 111 Å². The van der Waals surface area contributed by atoms with E-state index in [9.17, 15) is 18.4 Å². The van der Waals surface area contributed by atoms with E-state index >= 15 is 0 Å². The Balaban J connectivity index is 1.98. The summed E-state index contributed by atoms with van der Waals surface area (Å²) in [6.07, 6.45) is 1.42. The molecule has 0 unspecified atom stereocenters. The Morgan fingerprint density at radius 2 is 1.96 bits per heavy atom. The van der Waals surface area contributed by atoms with Crippen molar-refractivity contribution in [2.24, 2.45) is 5.73 Å². The van der Waals surface area contributed by atoms with Crippen molar-refractivity contribution in [2.75, 3.05) is 5.73 Å². The molecule has 0 atom stereocenters. The summed E-state index contributed by atoms with van der Waals surface area (Å²) in [6, 6.07) is 4.76. The second-order valence-electron chi connectivity index (χ2n) is 5.40. The highest BCUT2D eigenvalue weighted by molar-refractivity contribution is 5.95. The third-order valence-corrected chi connectivity index (χ3v) is 3.56. The van der Waals surface area contributed by atoms with Crippen molar-refractivity contribution in [1.82, 2.24) is 10.3 Å². The standard InChI is InChI=1S/C17H17F2N4O2/c1-9-12(11(17(21)25)7-15(20)23-9)8-22-16(24)5-3-10-2-4-13(18)14(19)6-10/h2,4-7H,3,8H2,1H3,(H2,20,23)(H2,21,25)(H,22,24). The number of amides is 2. The number of hydrogen-bond donors (Lipinski definition) is 3. The van der Waals surface area contributed by atoms with Gasteiger partial charge in [0, 0.05) is 23.4 Å². The van der Waals surface area contributed by atoms with Crippen LogP contribution in [0.25, 0.3) is 0 Å². The third kappa shape index (κ3) is 4.72. The van der Waals surface area contributed by atoms with Crippen molar-refractivity contribution in [3.63, 3.8) is 0 Å². The predicted molar refractivity (Wildman–Crippen MR) is 88.1 cm³/mol. The molecule has 0 bridgehead atoms. The maximum atomic E-state index is 13.1. The van der Waals surface area contributed by atoms with Gasteiger partial charge in [0.05, 0.1) is 6.42 Å². The van der Waals surface area contributed by atoms with Gasteiger partial charge in [-0.3, -0.25) is 9.59 Å². The molecule has 0 aliphatic heterocycles. The average molecular weight is 347 g/mol. The molecule has 1 aromatic carbocycles. The molecule has 1 aromatic heterocycles.